The number of carbonyl (C=O) groups excluding carboxylic acids is 1. The Bertz CT molecular complexity index is 966. The molecule has 1 saturated heterocycles. The van der Waals surface area contributed by atoms with Gasteiger partial charge in [-0.1, -0.05) is 13.8 Å². The molecule has 1 aliphatic rings. The van der Waals surface area contributed by atoms with Gasteiger partial charge in [0.25, 0.3) is 5.91 Å². The Balaban J connectivity index is 1.66. The first kappa shape index (κ1) is 17.7. The Kier molecular flexibility index (Phi) is 4.65. The van der Waals surface area contributed by atoms with Crippen LogP contribution >= 0.6 is 0 Å². The summed E-state index contributed by atoms with van der Waals surface area (Å²) < 4.78 is 1.75. The second-order valence-electron chi connectivity index (χ2n) is 7.46. The van der Waals surface area contributed by atoms with Gasteiger partial charge in [0.2, 0.25) is 0 Å². The number of hydrogen-bond donors (Lipinski definition) is 3. The van der Waals surface area contributed by atoms with Crippen LogP contribution in [0.2, 0.25) is 0 Å². The van der Waals surface area contributed by atoms with E-state index in [-0.39, 0.29) is 11.8 Å². The van der Waals surface area contributed by atoms with Crippen LogP contribution in [0.4, 0.5) is 0 Å². The maximum absolute atomic E-state index is 12.8. The molecule has 1 fully saturated rings. The predicted molar refractivity (Wildman–Crippen MR) is 103 cm³/mol. The molecule has 8 nitrogen and oxygen atoms in total. The van der Waals surface area contributed by atoms with Crippen molar-refractivity contribution in [3.05, 3.63) is 35.4 Å². The van der Waals surface area contributed by atoms with Gasteiger partial charge in [-0.05, 0) is 43.9 Å². The lowest BCUT2D eigenvalue weighted by molar-refractivity contribution is 0.0944. The first-order valence-corrected chi connectivity index (χ1v) is 9.44. The number of fused-ring (bicyclic) bond motifs is 1. The Morgan fingerprint density at radius 1 is 1.44 bits per heavy atom. The molecule has 0 spiro atoms. The first-order valence-electron chi connectivity index (χ1n) is 9.44. The van der Waals surface area contributed by atoms with Crippen LogP contribution in [0.15, 0.2) is 18.6 Å². The van der Waals surface area contributed by atoms with Crippen LogP contribution in [-0.2, 0) is 0 Å². The summed E-state index contributed by atoms with van der Waals surface area (Å²) in [5.74, 6) is 0.0422. The monoisotopic (exact) mass is 367 g/mol. The number of aryl methyl sites for hydroxylation is 1. The third kappa shape index (κ3) is 3.32. The zero-order chi connectivity index (χ0) is 19.0. The van der Waals surface area contributed by atoms with Crippen LogP contribution in [0, 0.1) is 6.92 Å². The predicted octanol–water partition coefficient (Wildman–Crippen LogP) is 2.03. The van der Waals surface area contributed by atoms with Gasteiger partial charge in [-0.25, -0.2) is 9.50 Å². The Hall–Kier alpha value is -2.74. The van der Waals surface area contributed by atoms with Gasteiger partial charge in [0.05, 0.1) is 5.69 Å². The molecule has 1 amide bonds. The van der Waals surface area contributed by atoms with Crippen LogP contribution in [0.5, 0.6) is 0 Å². The molecule has 4 heterocycles. The Morgan fingerprint density at radius 2 is 2.30 bits per heavy atom. The van der Waals surface area contributed by atoms with Gasteiger partial charge in [0, 0.05) is 29.9 Å². The van der Waals surface area contributed by atoms with Crippen molar-refractivity contribution >= 4 is 11.6 Å². The summed E-state index contributed by atoms with van der Waals surface area (Å²) in [6.07, 6.45) is 5.70. The number of aromatic nitrogens is 5. The van der Waals surface area contributed by atoms with E-state index in [1.54, 1.807) is 4.52 Å². The Labute approximate surface area is 157 Å². The quantitative estimate of drug-likeness (QED) is 0.641. The molecule has 1 unspecified atom stereocenters. The third-order valence-corrected chi connectivity index (χ3v) is 5.11. The van der Waals surface area contributed by atoms with Crippen molar-refractivity contribution in [3.8, 4) is 11.3 Å². The molecule has 1 atom stereocenters. The van der Waals surface area contributed by atoms with Crippen molar-refractivity contribution < 1.29 is 4.79 Å². The molecule has 0 bridgehead atoms. The van der Waals surface area contributed by atoms with Crippen LogP contribution in [0.3, 0.4) is 0 Å². The highest BCUT2D eigenvalue weighted by atomic mass is 16.1. The average molecular weight is 367 g/mol. The van der Waals surface area contributed by atoms with Crippen molar-refractivity contribution in [2.24, 2.45) is 0 Å². The molecule has 0 aromatic carbocycles. The van der Waals surface area contributed by atoms with Crippen molar-refractivity contribution in [3.63, 3.8) is 0 Å². The summed E-state index contributed by atoms with van der Waals surface area (Å²) in [5.41, 5.74) is 5.00. The van der Waals surface area contributed by atoms with E-state index in [1.165, 1.54) is 6.33 Å². The normalized spacial score (nSPS) is 17.1. The molecule has 3 aromatic heterocycles. The summed E-state index contributed by atoms with van der Waals surface area (Å²) in [5, 5.41) is 18.1. The molecule has 0 saturated carbocycles. The summed E-state index contributed by atoms with van der Waals surface area (Å²) >= 11 is 0. The fourth-order valence-corrected chi connectivity index (χ4v) is 3.76. The van der Waals surface area contributed by atoms with Crippen LogP contribution in [-0.4, -0.2) is 49.8 Å². The number of nitrogens with one attached hydrogen (secondary N) is 3. The van der Waals surface area contributed by atoms with Crippen LogP contribution in [0.25, 0.3) is 16.9 Å². The highest BCUT2D eigenvalue weighted by Crippen LogP contribution is 2.31. The molecule has 142 valence electrons. The smallest absolute Gasteiger partial charge is 0.269 e. The Morgan fingerprint density at radius 3 is 3.04 bits per heavy atom. The fraction of sp³-hybridized carbons (Fsp3) is 0.474. The van der Waals surface area contributed by atoms with E-state index >= 15 is 0 Å². The second kappa shape index (κ2) is 7.11. The van der Waals surface area contributed by atoms with E-state index in [4.69, 9.17) is 0 Å². The van der Waals surface area contributed by atoms with Gasteiger partial charge in [-0.3, -0.25) is 9.89 Å². The summed E-state index contributed by atoms with van der Waals surface area (Å²) in [7, 11) is 0. The third-order valence-electron chi connectivity index (χ3n) is 5.11. The number of rotatable bonds is 5. The fourth-order valence-electron chi connectivity index (χ4n) is 3.76. The van der Waals surface area contributed by atoms with E-state index in [9.17, 15) is 4.79 Å². The first-order chi connectivity index (χ1) is 13.0. The lowest BCUT2D eigenvalue weighted by Gasteiger charge is -2.13. The number of nitrogens with zero attached hydrogens (tertiary/aromatic N) is 4. The molecule has 3 aromatic rings. The van der Waals surface area contributed by atoms with Crippen LogP contribution < -0.4 is 10.6 Å². The summed E-state index contributed by atoms with van der Waals surface area (Å²) in [6.45, 7) is 7.80. The van der Waals surface area contributed by atoms with Gasteiger partial charge in [-0.15, -0.1) is 0 Å². The number of amides is 1. The molecular formula is C19H25N7O. The van der Waals surface area contributed by atoms with E-state index < -0.39 is 0 Å². The minimum Gasteiger partial charge on any atom is -0.349 e. The number of carbonyl (C=O) groups is 1. The molecule has 1 aliphatic heterocycles. The zero-order valence-corrected chi connectivity index (χ0v) is 15.9. The maximum atomic E-state index is 12.8. The topological polar surface area (TPSA) is 100 Å². The molecule has 3 N–H and O–H groups in total. The number of aromatic amines is 1. The number of hydrogen-bond acceptors (Lipinski definition) is 5. The second-order valence-corrected chi connectivity index (χ2v) is 7.46. The van der Waals surface area contributed by atoms with E-state index in [1.807, 2.05) is 19.2 Å². The minimum atomic E-state index is -0.107. The molecule has 4 rings (SSSR count). The molecule has 27 heavy (non-hydrogen) atoms. The van der Waals surface area contributed by atoms with Crippen LogP contribution in [0.1, 0.15) is 54.2 Å². The average Bonchev–Trinajstić information content (AvgIpc) is 3.38. The van der Waals surface area contributed by atoms with E-state index in [0.717, 1.165) is 47.4 Å². The lowest BCUT2D eigenvalue weighted by Crippen LogP contribution is -2.37. The zero-order valence-electron chi connectivity index (χ0n) is 15.9. The van der Waals surface area contributed by atoms with Gasteiger partial charge in [0.1, 0.15) is 12.0 Å². The van der Waals surface area contributed by atoms with E-state index in [2.05, 4.69) is 44.8 Å². The van der Waals surface area contributed by atoms with Crippen molar-refractivity contribution in [1.29, 1.82) is 0 Å². The summed E-state index contributed by atoms with van der Waals surface area (Å²) in [4.78, 5) is 17.0. The molecular weight excluding hydrogens is 342 g/mol. The van der Waals surface area contributed by atoms with Crippen molar-refractivity contribution in [2.75, 3.05) is 13.1 Å². The van der Waals surface area contributed by atoms with Gasteiger partial charge in [0.15, 0.2) is 5.65 Å². The largest absolute Gasteiger partial charge is 0.349 e. The standard InChI is InChI=1S/C19H25N7O/c1-11(2)15-16(13-7-12(3)18-22-10-23-26(18)9-13)24-25-17(15)19(27)21-8-14-5-4-6-20-14/h7,9-11,14,20H,4-6,8H2,1-3H3,(H,21,27)(H,24,25). The number of H-pyrrole nitrogens is 1. The lowest BCUT2D eigenvalue weighted by atomic mass is 9.96. The molecule has 0 aliphatic carbocycles. The van der Waals surface area contributed by atoms with Gasteiger partial charge < -0.3 is 10.6 Å². The van der Waals surface area contributed by atoms with Crippen molar-refractivity contribution in [2.45, 2.75) is 45.6 Å². The van der Waals surface area contributed by atoms with Crippen molar-refractivity contribution in [1.82, 2.24) is 35.4 Å². The highest BCUT2D eigenvalue weighted by Gasteiger charge is 2.24. The highest BCUT2D eigenvalue weighted by molar-refractivity contribution is 5.95. The minimum absolute atomic E-state index is 0.107. The SMILES string of the molecule is Cc1cc(-c2n[nH]c(C(=O)NCC3CCCN3)c2C(C)C)cn2ncnc12. The molecule has 8 heteroatoms. The van der Waals surface area contributed by atoms with E-state index in [0.29, 0.717) is 18.3 Å². The van der Waals surface area contributed by atoms with Gasteiger partial charge >= 0.3 is 0 Å². The number of pyridine rings is 1. The maximum Gasteiger partial charge on any atom is 0.269 e. The van der Waals surface area contributed by atoms with Gasteiger partial charge in [-0.2, -0.15) is 10.2 Å². The molecule has 0 radical (unpaired) electrons. The summed E-state index contributed by atoms with van der Waals surface area (Å²) in [6, 6.07) is 2.40.